The summed E-state index contributed by atoms with van der Waals surface area (Å²) in [6, 6.07) is 5.31. The predicted octanol–water partition coefficient (Wildman–Crippen LogP) is -4.50. The molecule has 10 heteroatoms. The molecule has 0 aliphatic carbocycles. The molecule has 0 unspecified atom stereocenters. The molecule has 0 aromatic heterocycles. The van der Waals surface area contributed by atoms with E-state index in [2.05, 4.69) is 5.14 Å². The van der Waals surface area contributed by atoms with Gasteiger partial charge in [-0.25, -0.2) is 9.93 Å². The molecule has 0 saturated carbocycles. The first kappa shape index (κ1) is 20.0. The van der Waals surface area contributed by atoms with Crippen molar-refractivity contribution in [1.82, 2.24) is 0 Å². The SMILES string of the molecule is NS(=O)(=O)O.O=C([O-])c1ccccc1C(=O)O.[K+]. The standard InChI is InChI=1S/C8H6O4.K.H3NO3S/c9-7(10)5-3-1-2-4-6(5)8(11)12;;1-5(2,3)4/h1-4H,(H,9,10)(H,11,12);;(H3,1,2,3,4)/q;+1;/p-1. The fraction of sp³-hybridized carbons (Fsp3) is 0. The summed E-state index contributed by atoms with van der Waals surface area (Å²) in [7, 11) is -4.17. The number of aromatic carboxylic acids is 2. The van der Waals surface area contributed by atoms with Crippen molar-refractivity contribution >= 4 is 22.2 Å². The average Bonchev–Trinajstić information content (AvgIpc) is 2.15. The van der Waals surface area contributed by atoms with Crippen molar-refractivity contribution < 1.29 is 84.2 Å². The zero-order valence-electron chi connectivity index (χ0n) is 9.23. The quantitative estimate of drug-likeness (QED) is 0.367. The van der Waals surface area contributed by atoms with Gasteiger partial charge in [0.2, 0.25) is 0 Å². The minimum Gasteiger partial charge on any atom is -0.545 e. The van der Waals surface area contributed by atoms with Crippen molar-refractivity contribution in [3.05, 3.63) is 35.4 Å². The minimum atomic E-state index is -4.17. The van der Waals surface area contributed by atoms with E-state index >= 15 is 0 Å². The zero-order valence-corrected chi connectivity index (χ0v) is 13.2. The summed E-state index contributed by atoms with van der Waals surface area (Å²) >= 11 is 0. The number of hydrogen-bond donors (Lipinski definition) is 3. The first-order valence-electron chi connectivity index (χ1n) is 3.91. The van der Waals surface area contributed by atoms with Gasteiger partial charge >= 0.3 is 67.7 Å². The van der Waals surface area contributed by atoms with Crippen LogP contribution in [0.5, 0.6) is 0 Å². The molecule has 0 atom stereocenters. The van der Waals surface area contributed by atoms with Crippen LogP contribution in [0.1, 0.15) is 20.7 Å². The van der Waals surface area contributed by atoms with Gasteiger partial charge in [0.05, 0.1) is 11.5 Å². The van der Waals surface area contributed by atoms with E-state index in [0.717, 1.165) is 0 Å². The van der Waals surface area contributed by atoms with Gasteiger partial charge in [-0.3, -0.25) is 4.55 Å². The van der Waals surface area contributed by atoms with Gasteiger partial charge in [0, 0.05) is 5.56 Å². The van der Waals surface area contributed by atoms with Crippen molar-refractivity contribution in [2.45, 2.75) is 0 Å². The van der Waals surface area contributed by atoms with Gasteiger partial charge in [-0.2, -0.15) is 8.42 Å². The van der Waals surface area contributed by atoms with Crippen LogP contribution in [0.15, 0.2) is 24.3 Å². The normalized spacial score (nSPS) is 9.44. The number of carbonyl (C=O) groups excluding carboxylic acids is 1. The molecule has 0 fully saturated rings. The van der Waals surface area contributed by atoms with Crippen LogP contribution in [0.2, 0.25) is 0 Å². The van der Waals surface area contributed by atoms with Crippen molar-refractivity contribution in [3.8, 4) is 0 Å². The van der Waals surface area contributed by atoms with Crippen LogP contribution in [0.25, 0.3) is 0 Å². The number of carbonyl (C=O) groups is 2. The van der Waals surface area contributed by atoms with Crippen LogP contribution in [0.3, 0.4) is 0 Å². The minimum absolute atomic E-state index is 0. The molecule has 1 rings (SSSR count). The number of hydrogen-bond acceptors (Lipinski definition) is 5. The van der Waals surface area contributed by atoms with Gasteiger partial charge < -0.3 is 15.0 Å². The van der Waals surface area contributed by atoms with Crippen molar-refractivity contribution in [3.63, 3.8) is 0 Å². The molecule has 94 valence electrons. The van der Waals surface area contributed by atoms with Gasteiger partial charge in [-0.05, 0) is 6.07 Å². The summed E-state index contributed by atoms with van der Waals surface area (Å²) in [6.07, 6.45) is 0. The second-order valence-electron chi connectivity index (χ2n) is 2.65. The molecule has 0 spiro atoms. The molecular weight excluding hydrogens is 293 g/mol. The van der Waals surface area contributed by atoms with Gasteiger partial charge in [0.1, 0.15) is 0 Å². The summed E-state index contributed by atoms with van der Waals surface area (Å²) in [5.74, 6) is -2.75. The Balaban J connectivity index is 0. The molecule has 0 aliphatic rings. The van der Waals surface area contributed by atoms with Gasteiger partial charge in [-0.1, -0.05) is 18.2 Å². The summed E-state index contributed by atoms with van der Waals surface area (Å²) in [6.45, 7) is 0. The number of nitrogens with two attached hydrogens (primary N) is 1. The Kier molecular flexibility index (Phi) is 9.68. The molecule has 8 nitrogen and oxygen atoms in total. The zero-order chi connectivity index (χ0) is 13.6. The van der Waals surface area contributed by atoms with Gasteiger partial charge in [-0.15, -0.1) is 0 Å². The molecule has 0 radical (unpaired) electrons. The van der Waals surface area contributed by atoms with Crippen LogP contribution >= 0.6 is 0 Å². The maximum absolute atomic E-state index is 10.4. The topological polar surface area (TPSA) is 158 Å². The first-order chi connectivity index (χ1) is 7.63. The Morgan fingerprint density at radius 1 is 1.17 bits per heavy atom. The largest absolute Gasteiger partial charge is 1.00 e. The third kappa shape index (κ3) is 9.67. The van der Waals surface area contributed by atoms with Crippen LogP contribution in [0.4, 0.5) is 0 Å². The molecule has 0 bridgehead atoms. The Hall–Kier alpha value is -0.334. The van der Waals surface area contributed by atoms with E-state index in [9.17, 15) is 14.7 Å². The van der Waals surface area contributed by atoms with E-state index in [1.54, 1.807) is 0 Å². The fourth-order valence-corrected chi connectivity index (χ4v) is 0.848. The second-order valence-corrected chi connectivity index (χ2v) is 3.68. The van der Waals surface area contributed by atoms with Gasteiger partial charge in [0.15, 0.2) is 0 Å². The average molecular weight is 301 g/mol. The Labute approximate surface area is 145 Å². The van der Waals surface area contributed by atoms with E-state index in [1.807, 2.05) is 0 Å². The summed E-state index contributed by atoms with van der Waals surface area (Å²) in [5, 5.41) is 22.8. The molecule has 1 aromatic rings. The van der Waals surface area contributed by atoms with Crippen molar-refractivity contribution in [1.29, 1.82) is 0 Å². The maximum Gasteiger partial charge on any atom is 1.00 e. The number of benzene rings is 1. The molecule has 0 saturated heterocycles. The van der Waals surface area contributed by atoms with Crippen LogP contribution in [-0.2, 0) is 10.3 Å². The maximum atomic E-state index is 10.4. The molecule has 1 aromatic carbocycles. The van der Waals surface area contributed by atoms with E-state index in [-0.39, 0.29) is 62.5 Å². The van der Waals surface area contributed by atoms with E-state index in [4.69, 9.17) is 18.1 Å². The van der Waals surface area contributed by atoms with E-state index in [1.165, 1.54) is 24.3 Å². The fourth-order valence-electron chi connectivity index (χ4n) is 0.848. The summed E-state index contributed by atoms with van der Waals surface area (Å²) in [5.41, 5.74) is -0.553. The van der Waals surface area contributed by atoms with Gasteiger partial charge in [0.25, 0.3) is 0 Å². The molecule has 0 heterocycles. The molecule has 4 N–H and O–H groups in total. The van der Waals surface area contributed by atoms with E-state index < -0.39 is 22.2 Å². The Morgan fingerprint density at radius 2 is 1.50 bits per heavy atom. The molecule has 0 amide bonds. The van der Waals surface area contributed by atoms with Crippen molar-refractivity contribution in [2.24, 2.45) is 5.14 Å². The summed E-state index contributed by atoms with van der Waals surface area (Å²) < 4.78 is 25.2. The molecular formula is C8H8KNO7S. The molecule has 0 aliphatic heterocycles. The smallest absolute Gasteiger partial charge is 0.545 e. The third-order valence-corrected chi connectivity index (χ3v) is 1.38. The molecule has 18 heavy (non-hydrogen) atoms. The predicted molar refractivity (Wildman–Crippen MR) is 53.5 cm³/mol. The number of carboxylic acid groups (broad SMARTS) is 2. The second kappa shape index (κ2) is 8.71. The van der Waals surface area contributed by atoms with E-state index in [0.29, 0.717) is 0 Å². The number of carboxylic acids is 2. The third-order valence-electron chi connectivity index (χ3n) is 1.38. The summed E-state index contributed by atoms with van der Waals surface area (Å²) in [4.78, 5) is 20.8. The van der Waals surface area contributed by atoms with Crippen LogP contribution in [0, 0.1) is 0 Å². The first-order valence-corrected chi connectivity index (χ1v) is 5.42. The Morgan fingerprint density at radius 3 is 1.72 bits per heavy atom. The monoisotopic (exact) mass is 301 g/mol. The number of rotatable bonds is 2. The van der Waals surface area contributed by atoms with Crippen LogP contribution < -0.4 is 61.6 Å². The Bertz CT molecular complexity index is 487. The van der Waals surface area contributed by atoms with Crippen LogP contribution in [-0.4, -0.2) is 30.0 Å². The van der Waals surface area contributed by atoms with Crippen molar-refractivity contribution in [2.75, 3.05) is 0 Å².